The van der Waals surface area contributed by atoms with E-state index < -0.39 is 188 Å². The lowest BCUT2D eigenvalue weighted by atomic mass is 9.96. The van der Waals surface area contributed by atoms with E-state index in [-0.39, 0.29) is 45.2 Å². The van der Waals surface area contributed by atoms with Crippen LogP contribution < -0.4 is 53.6 Å². The molecular weight excluding hydrogens is 1120 g/mol. The highest BCUT2D eigenvalue weighted by molar-refractivity contribution is 6.03. The molecule has 3 unspecified atom stereocenters. The molecule has 3 saturated heterocycles. The molecule has 4 rings (SSSR count). The van der Waals surface area contributed by atoms with E-state index in [9.17, 15) is 78.0 Å². The van der Waals surface area contributed by atoms with Crippen LogP contribution in [-0.2, 0) is 64.0 Å². The number of nitrogens with one attached hydrogen (secondary N) is 9. The SMILES string of the molecule is C/C=C1/NC(=O)[C@H](CO)NC(=O)[C@@H]([C@@H](C)CC)NC(=O)[C@H](Cc2ccccc2)NC(=O)[C@@H]2CCCN2C(=O)CNC(=O)[C@@H](CCC(N)=O)NC(=O)C(O)C(CC(O)CCCCC)NC(=O)[C@@H]2CCCN2C(=O)[C@@H]([C@@H](C)CC)NC(=O)[C@H](CO)NC1=O. The van der Waals surface area contributed by atoms with Crippen molar-refractivity contribution in [3.05, 3.63) is 47.7 Å². The molecule has 3 aliphatic heterocycles. The Hall–Kier alpha value is -7.56. The Morgan fingerprint density at radius 2 is 1.22 bits per heavy atom. The first-order valence-corrected chi connectivity index (χ1v) is 29.8. The molecule has 86 heavy (non-hydrogen) atoms. The summed E-state index contributed by atoms with van der Waals surface area (Å²) in [7, 11) is 0. The molecule has 12 amide bonds. The van der Waals surface area contributed by atoms with Gasteiger partial charge in [0.05, 0.1) is 31.9 Å². The quantitative estimate of drug-likeness (QED) is 0.0539. The van der Waals surface area contributed by atoms with Crippen molar-refractivity contribution in [1.82, 2.24) is 57.7 Å². The highest BCUT2D eigenvalue weighted by atomic mass is 16.3. The standard InChI is InChI=1S/C58H90N12O16/c1-7-11-13-20-35(73)28-38-48(76)57(85)62-37(23-24-44(59)74)49(77)60-29-45(75)69-25-16-21-42(69)54(82)64-39(27-34-18-14-12-15-19-34)51(79)67-46(32(5)8-2)56(84)66-40(30-71)52(80)61-36(10-4)50(78)65-41(31-72)53(81)68-47(33(6)9-3)58(86)70-26-17-22-43(70)55(83)63-38/h10,12,14-15,18-19,32-33,35,37-43,46-48,71-73,76H,7-9,11,13,16-17,20-31H2,1-6H3,(H2,59,74)(H,60,77)(H,61,80)(H,62,85)(H,63,83)(H,64,82)(H,65,78)(H,66,84)(H,67,79)(H,68,81)/b36-10+/t32-,33-,35?,37+,38?,39-,40-,41-,42-,43-,46+,47+,48?/m0/s1. The summed E-state index contributed by atoms with van der Waals surface area (Å²) in [5.74, 6) is -12.4. The van der Waals surface area contributed by atoms with Gasteiger partial charge in [-0.2, -0.15) is 0 Å². The fourth-order valence-electron chi connectivity index (χ4n) is 10.4. The molecule has 28 nitrogen and oxygen atoms in total. The summed E-state index contributed by atoms with van der Waals surface area (Å²) in [6.45, 7) is 7.36. The third-order valence-electron chi connectivity index (χ3n) is 16.0. The molecule has 3 aliphatic rings. The summed E-state index contributed by atoms with van der Waals surface area (Å²) >= 11 is 0. The Morgan fingerprint density at radius 1 is 0.663 bits per heavy atom. The molecule has 13 atom stereocenters. The minimum Gasteiger partial charge on any atom is -0.394 e. The third kappa shape index (κ3) is 20.6. The van der Waals surface area contributed by atoms with Crippen molar-refractivity contribution < 1.29 is 78.0 Å². The molecule has 1 aromatic rings. The minimum atomic E-state index is -2.17. The van der Waals surface area contributed by atoms with Gasteiger partial charge in [-0.05, 0) is 69.3 Å². The number of hydrogen-bond acceptors (Lipinski definition) is 16. The molecule has 28 heteroatoms. The fraction of sp³-hybridized carbons (Fsp3) is 0.655. The van der Waals surface area contributed by atoms with Crippen LogP contribution in [0, 0.1) is 11.8 Å². The van der Waals surface area contributed by atoms with Gasteiger partial charge in [0.15, 0.2) is 6.10 Å². The van der Waals surface area contributed by atoms with Crippen molar-refractivity contribution in [1.29, 1.82) is 0 Å². The van der Waals surface area contributed by atoms with E-state index in [1.165, 1.54) is 16.7 Å². The van der Waals surface area contributed by atoms with Crippen molar-refractivity contribution in [3.63, 3.8) is 0 Å². The van der Waals surface area contributed by atoms with Crippen LogP contribution in [0.5, 0.6) is 0 Å². The van der Waals surface area contributed by atoms with Gasteiger partial charge in [-0.15, -0.1) is 0 Å². The first kappa shape index (κ1) is 70.9. The Bertz CT molecular complexity index is 2570. The number of carbonyl (C=O) groups excluding carboxylic acids is 12. The average Bonchev–Trinajstić information content (AvgIpc) is 2.99. The van der Waals surface area contributed by atoms with Gasteiger partial charge in [0.1, 0.15) is 54.0 Å². The summed E-state index contributed by atoms with van der Waals surface area (Å²) in [5, 5.41) is 66.2. The number of primary amides is 1. The predicted octanol–water partition coefficient (Wildman–Crippen LogP) is -3.21. The molecule has 0 radical (unpaired) electrons. The molecule has 0 aliphatic carbocycles. The summed E-state index contributed by atoms with van der Waals surface area (Å²) in [6.07, 6.45) is 0.188. The van der Waals surface area contributed by atoms with Crippen LogP contribution in [0.1, 0.15) is 131 Å². The highest BCUT2D eigenvalue weighted by Crippen LogP contribution is 2.24. The van der Waals surface area contributed by atoms with Gasteiger partial charge in [-0.1, -0.05) is 103 Å². The third-order valence-corrected chi connectivity index (χ3v) is 16.0. The van der Waals surface area contributed by atoms with Crippen molar-refractivity contribution >= 4 is 70.9 Å². The molecule has 15 N–H and O–H groups in total. The Morgan fingerprint density at radius 3 is 1.83 bits per heavy atom. The number of nitrogens with two attached hydrogens (primary N) is 1. The Kier molecular flexibility index (Phi) is 29.0. The van der Waals surface area contributed by atoms with Crippen molar-refractivity contribution in [2.75, 3.05) is 32.8 Å². The molecule has 0 aromatic heterocycles. The number of fused-ring (bicyclic) bond motifs is 2. The number of carbonyl (C=O) groups is 12. The molecule has 0 saturated carbocycles. The van der Waals surface area contributed by atoms with E-state index in [1.54, 1.807) is 58.0 Å². The van der Waals surface area contributed by atoms with Crippen LogP contribution in [0.2, 0.25) is 0 Å². The maximum absolute atomic E-state index is 14.6. The number of amides is 12. The van der Waals surface area contributed by atoms with E-state index in [2.05, 4.69) is 47.9 Å². The van der Waals surface area contributed by atoms with E-state index in [0.29, 0.717) is 37.7 Å². The first-order valence-electron chi connectivity index (χ1n) is 29.8. The lowest BCUT2D eigenvalue weighted by molar-refractivity contribution is -0.144. The summed E-state index contributed by atoms with van der Waals surface area (Å²) < 4.78 is 0. The first-order chi connectivity index (χ1) is 40.9. The van der Waals surface area contributed by atoms with Crippen molar-refractivity contribution in [2.24, 2.45) is 17.6 Å². The number of nitrogens with zero attached hydrogens (tertiary/aromatic N) is 2. The second-order valence-electron chi connectivity index (χ2n) is 22.3. The van der Waals surface area contributed by atoms with Gasteiger partial charge in [-0.3, -0.25) is 57.5 Å². The number of aliphatic hydroxyl groups excluding tert-OH is 4. The maximum Gasteiger partial charge on any atom is 0.268 e. The molecule has 0 spiro atoms. The normalized spacial score (nSPS) is 27.7. The molecule has 0 bridgehead atoms. The lowest BCUT2D eigenvalue weighted by Gasteiger charge is -2.33. The van der Waals surface area contributed by atoms with E-state index in [4.69, 9.17) is 5.73 Å². The van der Waals surface area contributed by atoms with Crippen LogP contribution in [0.3, 0.4) is 0 Å². The number of rotatable bonds is 17. The topological polar surface area (TPSA) is 427 Å². The monoisotopic (exact) mass is 1210 g/mol. The van der Waals surface area contributed by atoms with Gasteiger partial charge in [0, 0.05) is 25.9 Å². The van der Waals surface area contributed by atoms with Gasteiger partial charge in [-0.25, -0.2) is 0 Å². The van der Waals surface area contributed by atoms with Crippen LogP contribution in [0.15, 0.2) is 42.1 Å². The van der Waals surface area contributed by atoms with Gasteiger partial charge in [0.2, 0.25) is 59.1 Å². The van der Waals surface area contributed by atoms with Crippen LogP contribution in [0.25, 0.3) is 0 Å². The number of unbranched alkanes of at least 4 members (excludes halogenated alkanes) is 2. The van der Waals surface area contributed by atoms with Crippen LogP contribution in [-0.4, -0.2) is 201 Å². The summed E-state index contributed by atoms with van der Waals surface area (Å²) in [6, 6.07) is -4.61. The molecule has 3 heterocycles. The smallest absolute Gasteiger partial charge is 0.268 e. The predicted molar refractivity (Wildman–Crippen MR) is 310 cm³/mol. The Labute approximate surface area is 501 Å². The van der Waals surface area contributed by atoms with Crippen molar-refractivity contribution in [3.8, 4) is 0 Å². The number of hydrogen-bond donors (Lipinski definition) is 14. The zero-order valence-corrected chi connectivity index (χ0v) is 50.1. The van der Waals surface area contributed by atoms with Gasteiger partial charge in [0.25, 0.3) is 11.8 Å². The van der Waals surface area contributed by atoms with E-state index in [1.807, 2.05) is 6.92 Å². The molecule has 478 valence electrons. The second kappa shape index (κ2) is 35.2. The number of benzene rings is 1. The average molecular weight is 1210 g/mol. The zero-order chi connectivity index (χ0) is 63.8. The van der Waals surface area contributed by atoms with E-state index >= 15 is 0 Å². The zero-order valence-electron chi connectivity index (χ0n) is 50.1. The number of allylic oxidation sites excluding steroid dienone is 1. The maximum atomic E-state index is 14.6. The molecule has 3 fully saturated rings. The molecule has 1 aromatic carbocycles. The largest absolute Gasteiger partial charge is 0.394 e. The van der Waals surface area contributed by atoms with Crippen molar-refractivity contribution in [2.45, 2.75) is 198 Å². The highest BCUT2D eigenvalue weighted by Gasteiger charge is 2.43. The van der Waals surface area contributed by atoms with E-state index in [0.717, 1.165) is 18.9 Å². The fourth-order valence-corrected chi connectivity index (χ4v) is 10.4. The van der Waals surface area contributed by atoms with Gasteiger partial charge >= 0.3 is 0 Å². The Balaban J connectivity index is 1.77. The lowest BCUT2D eigenvalue weighted by Crippen LogP contribution is -2.61. The van der Waals surface area contributed by atoms with Gasteiger partial charge < -0.3 is 83.8 Å². The van der Waals surface area contributed by atoms with Crippen LogP contribution >= 0.6 is 0 Å². The van der Waals surface area contributed by atoms with Crippen LogP contribution in [0.4, 0.5) is 0 Å². The minimum absolute atomic E-state index is 0.0137. The molecular formula is C58H90N12O16. The summed E-state index contributed by atoms with van der Waals surface area (Å²) in [4.78, 5) is 169. The summed E-state index contributed by atoms with van der Waals surface area (Å²) in [5.41, 5.74) is 5.54. The number of aliphatic hydroxyl groups is 4. The second-order valence-corrected chi connectivity index (χ2v) is 22.3.